The zero-order valence-corrected chi connectivity index (χ0v) is 41.8. The number of hydrogen-bond acceptors (Lipinski definition) is 6. The fourth-order valence-corrected chi connectivity index (χ4v) is 7.19. The van der Waals surface area contributed by atoms with Crippen LogP contribution in [-0.4, -0.2) is 37.2 Å². The third kappa shape index (κ3) is 49.6. The Labute approximate surface area is 395 Å². The highest BCUT2D eigenvalue weighted by molar-refractivity contribution is 5.71. The Kier molecular flexibility index (Phi) is 49.4. The third-order valence-corrected chi connectivity index (χ3v) is 11.2. The molecule has 0 amide bonds. The lowest BCUT2D eigenvalue weighted by molar-refractivity contribution is -0.167. The molecule has 1 unspecified atom stereocenters. The van der Waals surface area contributed by atoms with Crippen LogP contribution in [0.4, 0.5) is 0 Å². The second-order valence-corrected chi connectivity index (χ2v) is 17.4. The molecule has 6 heteroatoms. The summed E-state index contributed by atoms with van der Waals surface area (Å²) < 4.78 is 16.7. The van der Waals surface area contributed by atoms with Crippen molar-refractivity contribution in [2.75, 3.05) is 13.2 Å². The summed E-state index contributed by atoms with van der Waals surface area (Å²) in [6.07, 6.45) is 67.4. The van der Waals surface area contributed by atoms with Gasteiger partial charge in [0.25, 0.3) is 0 Å². The van der Waals surface area contributed by atoms with E-state index in [1.54, 1.807) is 0 Å². The molecule has 366 valence electrons. The van der Waals surface area contributed by atoms with Crippen LogP contribution >= 0.6 is 0 Å². The number of hydrogen-bond donors (Lipinski definition) is 0. The molecule has 0 aromatic rings. The Balaban J connectivity index is 4.19. The van der Waals surface area contributed by atoms with Gasteiger partial charge < -0.3 is 14.2 Å². The van der Waals surface area contributed by atoms with Gasteiger partial charge in [-0.25, -0.2) is 0 Å². The summed E-state index contributed by atoms with van der Waals surface area (Å²) in [4.78, 5) is 37.7. The zero-order chi connectivity index (χ0) is 46.5. The molecule has 0 aromatic carbocycles. The van der Waals surface area contributed by atoms with Crippen molar-refractivity contribution >= 4 is 17.9 Å². The van der Waals surface area contributed by atoms with Crippen LogP contribution in [0.5, 0.6) is 0 Å². The summed E-state index contributed by atoms with van der Waals surface area (Å²) in [5.74, 6) is -0.910. The smallest absolute Gasteiger partial charge is 0.306 e. The van der Waals surface area contributed by atoms with E-state index in [4.69, 9.17) is 14.2 Å². The normalized spacial score (nSPS) is 12.7. The summed E-state index contributed by atoms with van der Waals surface area (Å²) >= 11 is 0. The first-order valence-electron chi connectivity index (χ1n) is 26.6. The van der Waals surface area contributed by atoms with Crippen LogP contribution in [0.3, 0.4) is 0 Å². The molecular formula is C58H98O6. The monoisotopic (exact) mass is 891 g/mol. The van der Waals surface area contributed by atoms with Crippen LogP contribution in [0.15, 0.2) is 85.1 Å². The molecule has 0 spiro atoms. The predicted molar refractivity (Wildman–Crippen MR) is 274 cm³/mol. The summed E-state index contributed by atoms with van der Waals surface area (Å²) in [5, 5.41) is 0. The highest BCUT2D eigenvalue weighted by Crippen LogP contribution is 2.15. The van der Waals surface area contributed by atoms with Crippen LogP contribution < -0.4 is 0 Å². The molecule has 0 aliphatic carbocycles. The minimum atomic E-state index is -0.778. The highest BCUT2D eigenvalue weighted by atomic mass is 16.6. The van der Waals surface area contributed by atoms with E-state index >= 15 is 0 Å². The third-order valence-electron chi connectivity index (χ3n) is 11.2. The molecule has 0 aromatic heterocycles. The van der Waals surface area contributed by atoms with Crippen molar-refractivity contribution in [3.8, 4) is 0 Å². The summed E-state index contributed by atoms with van der Waals surface area (Å²) in [6.45, 7) is 6.44. The van der Waals surface area contributed by atoms with Gasteiger partial charge in [0, 0.05) is 19.3 Å². The molecule has 0 bridgehead atoms. The van der Waals surface area contributed by atoms with Crippen LogP contribution in [0.1, 0.15) is 245 Å². The first-order valence-corrected chi connectivity index (χ1v) is 26.6. The predicted octanol–water partition coefficient (Wildman–Crippen LogP) is 17.6. The van der Waals surface area contributed by atoms with Crippen LogP contribution in [-0.2, 0) is 28.6 Å². The SMILES string of the molecule is CC/C=C\C/C=C\C/C=C\C/C=C\C/C=C\C/C=C\C/C=C\CCCCCCCC(=O)OCC(COC(=O)CCCCCCCC)OC(=O)CCCCCCCCCCCCCCC. The van der Waals surface area contributed by atoms with Gasteiger partial charge >= 0.3 is 17.9 Å². The molecule has 0 saturated heterocycles. The van der Waals surface area contributed by atoms with Gasteiger partial charge in [0.15, 0.2) is 6.10 Å². The van der Waals surface area contributed by atoms with Gasteiger partial charge in [0.2, 0.25) is 0 Å². The van der Waals surface area contributed by atoms with Gasteiger partial charge in [-0.1, -0.05) is 234 Å². The topological polar surface area (TPSA) is 78.9 Å². The van der Waals surface area contributed by atoms with E-state index in [1.807, 2.05) is 0 Å². The van der Waals surface area contributed by atoms with Crippen molar-refractivity contribution in [1.82, 2.24) is 0 Å². The Morgan fingerprint density at radius 2 is 0.609 bits per heavy atom. The van der Waals surface area contributed by atoms with E-state index in [0.717, 1.165) is 122 Å². The fourth-order valence-electron chi connectivity index (χ4n) is 7.19. The number of unbranched alkanes of at least 4 members (excludes halogenated alkanes) is 22. The molecule has 0 fully saturated rings. The van der Waals surface area contributed by atoms with E-state index in [2.05, 4.69) is 106 Å². The summed E-state index contributed by atoms with van der Waals surface area (Å²) in [7, 11) is 0. The largest absolute Gasteiger partial charge is 0.462 e. The van der Waals surface area contributed by atoms with Gasteiger partial charge in [0.05, 0.1) is 0 Å². The molecule has 0 rings (SSSR count). The summed E-state index contributed by atoms with van der Waals surface area (Å²) in [5.41, 5.74) is 0. The standard InChI is InChI=1S/C58H98O6/c1-4-7-10-13-16-18-20-22-23-24-25-26-27-28-29-30-31-32-33-34-35-37-38-40-42-45-48-51-57(60)63-54-55(53-62-56(59)50-47-44-15-12-9-6-3)64-58(61)52-49-46-43-41-39-36-21-19-17-14-11-8-5-2/h7,10,16,18,22-23,25-26,28-29,31-32,34-35,55H,4-6,8-9,11-15,17,19-21,24,27,30,33,36-54H2,1-3H3/b10-7-,18-16-,23-22-,26-25-,29-28-,32-31-,35-34-. The Hall–Kier alpha value is -3.41. The number of esters is 3. The molecule has 64 heavy (non-hydrogen) atoms. The van der Waals surface area contributed by atoms with Gasteiger partial charge in [0.1, 0.15) is 13.2 Å². The van der Waals surface area contributed by atoms with Crippen molar-refractivity contribution in [3.05, 3.63) is 85.1 Å². The van der Waals surface area contributed by atoms with E-state index in [0.29, 0.717) is 19.3 Å². The molecule has 0 N–H and O–H groups in total. The van der Waals surface area contributed by atoms with E-state index in [1.165, 1.54) is 83.5 Å². The Morgan fingerprint density at radius 1 is 0.328 bits per heavy atom. The lowest BCUT2D eigenvalue weighted by atomic mass is 10.0. The first kappa shape index (κ1) is 60.6. The maximum atomic E-state index is 12.7. The highest BCUT2D eigenvalue weighted by Gasteiger charge is 2.19. The van der Waals surface area contributed by atoms with Gasteiger partial charge in [-0.2, -0.15) is 0 Å². The van der Waals surface area contributed by atoms with Crippen molar-refractivity contribution in [3.63, 3.8) is 0 Å². The Morgan fingerprint density at radius 3 is 0.953 bits per heavy atom. The van der Waals surface area contributed by atoms with Crippen LogP contribution in [0.25, 0.3) is 0 Å². The average molecular weight is 891 g/mol. The molecule has 0 saturated carbocycles. The second-order valence-electron chi connectivity index (χ2n) is 17.4. The number of rotatable bonds is 47. The van der Waals surface area contributed by atoms with Crippen LogP contribution in [0.2, 0.25) is 0 Å². The average Bonchev–Trinajstić information content (AvgIpc) is 3.29. The molecule has 0 aliphatic heterocycles. The van der Waals surface area contributed by atoms with E-state index < -0.39 is 6.10 Å². The number of allylic oxidation sites excluding steroid dienone is 14. The number of carbonyl (C=O) groups excluding carboxylic acids is 3. The van der Waals surface area contributed by atoms with Crippen LogP contribution in [0, 0.1) is 0 Å². The van der Waals surface area contributed by atoms with E-state index in [-0.39, 0.29) is 31.1 Å². The van der Waals surface area contributed by atoms with Crippen molar-refractivity contribution < 1.29 is 28.6 Å². The molecule has 0 aliphatic rings. The maximum absolute atomic E-state index is 12.7. The molecule has 0 heterocycles. The van der Waals surface area contributed by atoms with Crippen molar-refractivity contribution in [1.29, 1.82) is 0 Å². The number of carbonyl (C=O) groups is 3. The Bertz CT molecular complexity index is 1250. The molecule has 1 atom stereocenters. The van der Waals surface area contributed by atoms with Crippen molar-refractivity contribution in [2.45, 2.75) is 252 Å². The van der Waals surface area contributed by atoms with Gasteiger partial charge in [-0.3, -0.25) is 14.4 Å². The van der Waals surface area contributed by atoms with Gasteiger partial charge in [-0.05, 0) is 77.0 Å². The lowest BCUT2D eigenvalue weighted by Gasteiger charge is -2.18. The molecule has 0 radical (unpaired) electrons. The minimum Gasteiger partial charge on any atom is -0.462 e. The van der Waals surface area contributed by atoms with E-state index in [9.17, 15) is 14.4 Å². The maximum Gasteiger partial charge on any atom is 0.306 e. The molecular weight excluding hydrogens is 793 g/mol. The summed E-state index contributed by atoms with van der Waals surface area (Å²) in [6, 6.07) is 0. The lowest BCUT2D eigenvalue weighted by Crippen LogP contribution is -2.30. The zero-order valence-electron chi connectivity index (χ0n) is 41.8. The fraction of sp³-hybridized carbons (Fsp3) is 0.707. The minimum absolute atomic E-state index is 0.0812. The van der Waals surface area contributed by atoms with Crippen molar-refractivity contribution in [2.24, 2.45) is 0 Å². The van der Waals surface area contributed by atoms with Gasteiger partial charge in [-0.15, -0.1) is 0 Å². The molecule has 6 nitrogen and oxygen atoms in total. The quantitative estimate of drug-likeness (QED) is 0.0262. The second kappa shape index (κ2) is 52.2. The number of ether oxygens (including phenoxy) is 3. The first-order chi connectivity index (χ1) is 31.5.